The number of benzene rings is 2. The maximum Gasteiger partial charge on any atom is 0.154 e. The van der Waals surface area contributed by atoms with Crippen molar-refractivity contribution in [2.75, 3.05) is 19.6 Å². The summed E-state index contributed by atoms with van der Waals surface area (Å²) in [6.45, 7) is 9.40. The van der Waals surface area contributed by atoms with Gasteiger partial charge >= 0.3 is 0 Å². The molecule has 2 nitrogen and oxygen atoms in total. The number of Topliss-reactive ketones (excluding diaryl/α,β-unsaturated/α-hetero) is 1. The van der Waals surface area contributed by atoms with E-state index in [4.69, 9.17) is 0 Å². The first-order valence-corrected chi connectivity index (χ1v) is 7.72. The van der Waals surface area contributed by atoms with Crippen molar-refractivity contribution in [1.29, 1.82) is 0 Å². The molecule has 24 heavy (non-hydrogen) atoms. The maximum atomic E-state index is 12.8. The van der Waals surface area contributed by atoms with Crippen LogP contribution >= 0.6 is 24.8 Å². The Hall–Kier alpha value is -1.61. The van der Waals surface area contributed by atoms with Crippen LogP contribution in [0.2, 0.25) is 0 Å². The summed E-state index contributed by atoms with van der Waals surface area (Å²) in [6, 6.07) is 12.6. The SMILES string of the molecule is C=CCN(CC=C)CC(=O)C1Cc2cccc3cccc1c23.Cl.Cl. The Bertz CT molecular complexity index is 726. The number of nitrogens with zero attached hydrogens (tertiary/aromatic N) is 1. The third-order valence-corrected chi connectivity index (χ3v) is 4.37. The summed E-state index contributed by atoms with van der Waals surface area (Å²) < 4.78 is 0. The van der Waals surface area contributed by atoms with E-state index in [2.05, 4.69) is 54.5 Å². The molecule has 0 amide bonds. The van der Waals surface area contributed by atoms with Crippen molar-refractivity contribution in [2.45, 2.75) is 12.3 Å². The van der Waals surface area contributed by atoms with E-state index in [0.717, 1.165) is 6.42 Å². The van der Waals surface area contributed by atoms with Gasteiger partial charge in [-0.05, 0) is 28.3 Å². The molecule has 0 aromatic heterocycles. The third-order valence-electron chi connectivity index (χ3n) is 4.37. The van der Waals surface area contributed by atoms with Crippen molar-refractivity contribution in [3.8, 4) is 0 Å². The minimum absolute atomic E-state index is 0. The second-order valence-electron chi connectivity index (χ2n) is 5.86. The summed E-state index contributed by atoms with van der Waals surface area (Å²) in [5.41, 5.74) is 2.49. The van der Waals surface area contributed by atoms with E-state index in [1.54, 1.807) is 0 Å². The van der Waals surface area contributed by atoms with Crippen LogP contribution in [0.25, 0.3) is 10.8 Å². The van der Waals surface area contributed by atoms with Crippen LogP contribution in [0.5, 0.6) is 0 Å². The molecule has 0 bridgehead atoms. The molecule has 128 valence electrons. The Morgan fingerprint density at radius 1 is 1.08 bits per heavy atom. The summed E-state index contributed by atoms with van der Waals surface area (Å²) >= 11 is 0. The van der Waals surface area contributed by atoms with Gasteiger partial charge in [0.05, 0.1) is 6.54 Å². The number of ketones is 1. The Kier molecular flexibility index (Phi) is 7.68. The van der Waals surface area contributed by atoms with Gasteiger partial charge in [0.25, 0.3) is 0 Å². The Morgan fingerprint density at radius 2 is 1.71 bits per heavy atom. The van der Waals surface area contributed by atoms with Crippen molar-refractivity contribution < 1.29 is 4.79 Å². The summed E-state index contributed by atoms with van der Waals surface area (Å²) in [4.78, 5) is 14.9. The molecule has 4 heteroatoms. The van der Waals surface area contributed by atoms with Crippen LogP contribution in [0.15, 0.2) is 61.7 Å². The summed E-state index contributed by atoms with van der Waals surface area (Å²) in [5, 5.41) is 2.52. The highest BCUT2D eigenvalue weighted by molar-refractivity contribution is 5.99. The summed E-state index contributed by atoms with van der Waals surface area (Å²) in [7, 11) is 0. The summed E-state index contributed by atoms with van der Waals surface area (Å²) in [6.07, 6.45) is 4.49. The highest BCUT2D eigenvalue weighted by Crippen LogP contribution is 2.38. The predicted octanol–water partition coefficient (Wildman–Crippen LogP) is 4.57. The zero-order valence-corrected chi connectivity index (χ0v) is 15.2. The van der Waals surface area contributed by atoms with E-state index in [0.29, 0.717) is 19.6 Å². The lowest BCUT2D eigenvalue weighted by Crippen LogP contribution is -2.32. The average Bonchev–Trinajstić information content (AvgIpc) is 2.89. The van der Waals surface area contributed by atoms with Gasteiger partial charge in [-0.15, -0.1) is 38.0 Å². The van der Waals surface area contributed by atoms with Gasteiger partial charge in [-0.2, -0.15) is 0 Å². The zero-order valence-electron chi connectivity index (χ0n) is 13.6. The van der Waals surface area contributed by atoms with Crippen LogP contribution in [0.1, 0.15) is 17.0 Å². The van der Waals surface area contributed by atoms with Crippen LogP contribution in [0, 0.1) is 0 Å². The highest BCUT2D eigenvalue weighted by atomic mass is 35.5. The lowest BCUT2D eigenvalue weighted by molar-refractivity contribution is -0.121. The van der Waals surface area contributed by atoms with Crippen molar-refractivity contribution in [1.82, 2.24) is 4.90 Å². The Labute approximate surface area is 156 Å². The molecule has 0 fully saturated rings. The number of carbonyl (C=O) groups excluding carboxylic acids is 1. The van der Waals surface area contributed by atoms with Gasteiger partial charge in [0.1, 0.15) is 0 Å². The normalized spacial score (nSPS) is 14.8. The topological polar surface area (TPSA) is 20.3 Å². The number of carbonyl (C=O) groups is 1. The molecule has 3 rings (SSSR count). The van der Waals surface area contributed by atoms with Gasteiger partial charge in [0, 0.05) is 19.0 Å². The largest absolute Gasteiger partial charge is 0.298 e. The Morgan fingerprint density at radius 3 is 2.33 bits per heavy atom. The first kappa shape index (κ1) is 20.4. The molecule has 0 saturated carbocycles. The van der Waals surface area contributed by atoms with Crippen LogP contribution < -0.4 is 0 Å². The molecule has 2 aromatic rings. The molecular formula is C20H23Cl2NO. The van der Waals surface area contributed by atoms with E-state index in [1.807, 2.05) is 12.2 Å². The molecule has 0 aliphatic heterocycles. The quantitative estimate of drug-likeness (QED) is 0.671. The van der Waals surface area contributed by atoms with E-state index < -0.39 is 0 Å². The molecule has 1 unspecified atom stereocenters. The van der Waals surface area contributed by atoms with Gasteiger partial charge < -0.3 is 0 Å². The minimum Gasteiger partial charge on any atom is -0.298 e. The molecule has 0 N–H and O–H groups in total. The van der Waals surface area contributed by atoms with Crippen molar-refractivity contribution >= 4 is 41.4 Å². The third kappa shape index (κ3) is 3.89. The summed E-state index contributed by atoms with van der Waals surface area (Å²) in [5.74, 6) is 0.269. The average molecular weight is 364 g/mol. The molecule has 0 heterocycles. The molecule has 0 saturated heterocycles. The van der Waals surface area contributed by atoms with Crippen LogP contribution in [-0.4, -0.2) is 30.3 Å². The predicted molar refractivity (Wildman–Crippen MR) is 107 cm³/mol. The fraction of sp³-hybridized carbons (Fsp3) is 0.250. The number of rotatable bonds is 7. The number of hydrogen-bond acceptors (Lipinski definition) is 2. The molecule has 1 atom stereocenters. The van der Waals surface area contributed by atoms with Crippen LogP contribution in [0.3, 0.4) is 0 Å². The smallest absolute Gasteiger partial charge is 0.154 e. The lowest BCUT2D eigenvalue weighted by Gasteiger charge is -2.20. The van der Waals surface area contributed by atoms with Gasteiger partial charge in [0.15, 0.2) is 5.78 Å². The van der Waals surface area contributed by atoms with Crippen LogP contribution in [0.4, 0.5) is 0 Å². The second kappa shape index (κ2) is 9.03. The molecule has 2 aromatic carbocycles. The lowest BCUT2D eigenvalue weighted by atomic mass is 9.95. The van der Waals surface area contributed by atoms with Gasteiger partial charge in [-0.25, -0.2) is 0 Å². The zero-order chi connectivity index (χ0) is 15.5. The second-order valence-corrected chi connectivity index (χ2v) is 5.86. The highest BCUT2D eigenvalue weighted by Gasteiger charge is 2.30. The van der Waals surface area contributed by atoms with E-state index in [9.17, 15) is 4.79 Å². The first-order chi connectivity index (χ1) is 10.7. The standard InChI is InChI=1S/C20H21NO.2ClH/c1-3-11-21(12-4-2)14-19(22)18-13-16-9-5-7-15-8-6-10-17(18)20(15)16;;/h3-10,18H,1-2,11-14H2;2*1H. The van der Waals surface area contributed by atoms with Crippen molar-refractivity contribution in [2.24, 2.45) is 0 Å². The van der Waals surface area contributed by atoms with E-state index >= 15 is 0 Å². The van der Waals surface area contributed by atoms with Crippen LogP contribution in [-0.2, 0) is 11.2 Å². The van der Waals surface area contributed by atoms with Gasteiger partial charge in [-0.1, -0.05) is 48.6 Å². The molecule has 1 aliphatic carbocycles. The number of halogens is 2. The fourth-order valence-electron chi connectivity index (χ4n) is 3.43. The maximum absolute atomic E-state index is 12.8. The fourth-order valence-corrected chi connectivity index (χ4v) is 3.43. The van der Waals surface area contributed by atoms with Crippen molar-refractivity contribution in [3.63, 3.8) is 0 Å². The van der Waals surface area contributed by atoms with E-state index in [-0.39, 0.29) is 36.5 Å². The monoisotopic (exact) mass is 363 g/mol. The molecule has 0 radical (unpaired) electrons. The number of hydrogen-bond donors (Lipinski definition) is 0. The van der Waals surface area contributed by atoms with E-state index in [1.165, 1.54) is 21.9 Å². The molecular weight excluding hydrogens is 341 g/mol. The first-order valence-electron chi connectivity index (χ1n) is 7.72. The minimum atomic E-state index is -0.0155. The van der Waals surface area contributed by atoms with Gasteiger partial charge in [0.2, 0.25) is 0 Å². The molecule has 1 aliphatic rings. The van der Waals surface area contributed by atoms with Crippen molar-refractivity contribution in [3.05, 3.63) is 72.8 Å². The Balaban J connectivity index is 0.00000144. The molecule has 0 spiro atoms. The van der Waals surface area contributed by atoms with Gasteiger partial charge in [-0.3, -0.25) is 9.69 Å².